The summed E-state index contributed by atoms with van der Waals surface area (Å²) in [6.07, 6.45) is 4.49. The normalized spacial score (nSPS) is 13.1. The molecule has 0 spiro atoms. The van der Waals surface area contributed by atoms with E-state index in [4.69, 9.17) is 4.74 Å². The highest BCUT2D eigenvalue weighted by molar-refractivity contribution is 5.92. The first kappa shape index (κ1) is 16.8. The van der Waals surface area contributed by atoms with Gasteiger partial charge < -0.3 is 15.0 Å². The van der Waals surface area contributed by atoms with Gasteiger partial charge in [0, 0.05) is 40.6 Å². The zero-order valence-corrected chi connectivity index (χ0v) is 14.8. The van der Waals surface area contributed by atoms with E-state index < -0.39 is 5.54 Å². The van der Waals surface area contributed by atoms with Crippen molar-refractivity contribution in [2.45, 2.75) is 5.54 Å². The van der Waals surface area contributed by atoms with Crippen LogP contribution in [-0.2, 0) is 10.3 Å². The molecule has 0 aliphatic heterocycles. The number of rotatable bonds is 6. The van der Waals surface area contributed by atoms with E-state index in [-0.39, 0.29) is 0 Å². The Morgan fingerprint density at radius 1 is 1.07 bits per heavy atom. The Morgan fingerprint density at radius 3 is 2.63 bits per heavy atom. The first-order valence-electron chi connectivity index (χ1n) is 8.63. The Labute approximate surface area is 157 Å². The fourth-order valence-electron chi connectivity index (χ4n) is 3.38. The largest absolute Gasteiger partial charge is 0.481 e. The number of aromatic nitrogens is 2. The molecule has 4 rings (SSSR count). The number of anilines is 1. The molecular weight excluding hydrogens is 338 g/mol. The molecular formula is C22H19N3O2. The number of ether oxygens (including phenoxy) is 1. The predicted octanol–water partition coefficient (Wildman–Crippen LogP) is 4.13. The number of nitrogens with zero attached hydrogens (tertiary/aromatic N) is 1. The van der Waals surface area contributed by atoms with Gasteiger partial charge in [0.25, 0.3) is 0 Å². The molecule has 2 aromatic carbocycles. The van der Waals surface area contributed by atoms with E-state index in [1.165, 1.54) is 0 Å². The molecule has 5 nitrogen and oxygen atoms in total. The standard InChI is InChI=1S/C22H19N3O2/c1-27-21-13-17(11-12-23-21)25-22(15-26,16-7-3-2-4-8-16)19-14-24-20-10-6-5-9-18(19)20/h2-15,24H,1H3,(H,23,25). The number of hydrogen-bond donors (Lipinski definition) is 2. The van der Waals surface area contributed by atoms with Gasteiger partial charge in [-0.2, -0.15) is 0 Å². The van der Waals surface area contributed by atoms with Crippen molar-refractivity contribution in [2.24, 2.45) is 0 Å². The van der Waals surface area contributed by atoms with Gasteiger partial charge in [-0.05, 0) is 17.7 Å². The Bertz CT molecular complexity index is 1080. The molecule has 2 aromatic heterocycles. The summed E-state index contributed by atoms with van der Waals surface area (Å²) in [4.78, 5) is 20.0. The maximum Gasteiger partial charge on any atom is 0.214 e. The molecule has 0 amide bonds. The molecule has 1 atom stereocenters. The molecule has 0 radical (unpaired) electrons. The zero-order valence-electron chi connectivity index (χ0n) is 14.8. The second-order valence-corrected chi connectivity index (χ2v) is 6.25. The quantitative estimate of drug-likeness (QED) is 0.509. The van der Waals surface area contributed by atoms with Crippen molar-refractivity contribution in [3.05, 3.63) is 90.3 Å². The van der Waals surface area contributed by atoms with Crippen LogP contribution in [0.4, 0.5) is 5.69 Å². The Morgan fingerprint density at radius 2 is 1.85 bits per heavy atom. The third kappa shape index (κ3) is 2.93. The highest BCUT2D eigenvalue weighted by Gasteiger charge is 2.36. The zero-order chi connectivity index (χ0) is 18.7. The van der Waals surface area contributed by atoms with Crippen LogP contribution in [0.15, 0.2) is 79.1 Å². The number of aromatic amines is 1. The van der Waals surface area contributed by atoms with E-state index >= 15 is 0 Å². The lowest BCUT2D eigenvalue weighted by Gasteiger charge is -2.31. The average molecular weight is 357 g/mol. The van der Waals surface area contributed by atoms with Crippen LogP contribution in [0, 0.1) is 0 Å². The van der Waals surface area contributed by atoms with Gasteiger partial charge in [0.1, 0.15) is 5.54 Å². The van der Waals surface area contributed by atoms with Gasteiger partial charge in [0.2, 0.25) is 5.88 Å². The van der Waals surface area contributed by atoms with Crippen molar-refractivity contribution < 1.29 is 9.53 Å². The maximum atomic E-state index is 12.6. The van der Waals surface area contributed by atoms with Crippen LogP contribution in [0.25, 0.3) is 10.9 Å². The van der Waals surface area contributed by atoms with Gasteiger partial charge in [-0.25, -0.2) is 4.98 Å². The van der Waals surface area contributed by atoms with Crippen molar-refractivity contribution in [3.8, 4) is 5.88 Å². The SMILES string of the molecule is COc1cc(NC(C=O)(c2ccccc2)c2c[nH]c3ccccc23)ccn1. The number of pyridine rings is 1. The van der Waals surface area contributed by atoms with Gasteiger partial charge in [-0.3, -0.25) is 4.79 Å². The molecule has 1 unspecified atom stereocenters. The van der Waals surface area contributed by atoms with Gasteiger partial charge >= 0.3 is 0 Å². The van der Waals surface area contributed by atoms with Crippen LogP contribution >= 0.6 is 0 Å². The molecule has 5 heteroatoms. The molecule has 0 aliphatic carbocycles. The van der Waals surface area contributed by atoms with Crippen LogP contribution in [0.1, 0.15) is 11.1 Å². The number of hydrogen-bond acceptors (Lipinski definition) is 4. The lowest BCUT2D eigenvalue weighted by molar-refractivity contribution is -0.110. The number of carbonyl (C=O) groups excluding carboxylic acids is 1. The smallest absolute Gasteiger partial charge is 0.214 e. The first-order chi connectivity index (χ1) is 13.3. The average Bonchev–Trinajstić information content (AvgIpc) is 3.17. The minimum Gasteiger partial charge on any atom is -0.481 e. The first-order valence-corrected chi connectivity index (χ1v) is 8.63. The Kier molecular flexibility index (Phi) is 4.34. The van der Waals surface area contributed by atoms with Crippen LogP contribution in [-0.4, -0.2) is 23.4 Å². The highest BCUT2D eigenvalue weighted by Crippen LogP contribution is 2.36. The third-order valence-corrected chi connectivity index (χ3v) is 4.71. The fourth-order valence-corrected chi connectivity index (χ4v) is 3.38. The van der Waals surface area contributed by atoms with Crippen LogP contribution < -0.4 is 10.1 Å². The molecule has 2 heterocycles. The maximum absolute atomic E-state index is 12.6. The van der Waals surface area contributed by atoms with Crippen LogP contribution in [0.3, 0.4) is 0 Å². The molecule has 4 aromatic rings. The monoisotopic (exact) mass is 357 g/mol. The van der Waals surface area contributed by atoms with Gasteiger partial charge in [-0.15, -0.1) is 0 Å². The van der Waals surface area contributed by atoms with Crippen molar-refractivity contribution in [2.75, 3.05) is 12.4 Å². The summed E-state index contributed by atoms with van der Waals surface area (Å²) in [7, 11) is 1.57. The lowest BCUT2D eigenvalue weighted by Crippen LogP contribution is -2.38. The Balaban J connectivity index is 1.93. The minimum absolute atomic E-state index is 0.479. The van der Waals surface area contributed by atoms with Crippen molar-refractivity contribution in [1.29, 1.82) is 0 Å². The van der Waals surface area contributed by atoms with Crippen LogP contribution in [0.2, 0.25) is 0 Å². The van der Waals surface area contributed by atoms with Crippen molar-refractivity contribution >= 4 is 22.9 Å². The number of para-hydroxylation sites is 1. The van der Waals surface area contributed by atoms with E-state index in [2.05, 4.69) is 15.3 Å². The second kappa shape index (κ2) is 6.96. The second-order valence-electron chi connectivity index (χ2n) is 6.25. The minimum atomic E-state index is -1.06. The van der Waals surface area contributed by atoms with E-state index in [0.717, 1.165) is 34.0 Å². The highest BCUT2D eigenvalue weighted by atomic mass is 16.5. The molecule has 0 saturated heterocycles. The van der Waals surface area contributed by atoms with Crippen LogP contribution in [0.5, 0.6) is 5.88 Å². The molecule has 0 aliphatic rings. The van der Waals surface area contributed by atoms with Crippen molar-refractivity contribution in [1.82, 2.24) is 9.97 Å². The number of methoxy groups -OCH3 is 1. The van der Waals surface area contributed by atoms with E-state index in [9.17, 15) is 4.79 Å². The summed E-state index contributed by atoms with van der Waals surface area (Å²) >= 11 is 0. The van der Waals surface area contributed by atoms with Gasteiger partial charge in [0.05, 0.1) is 7.11 Å². The summed E-state index contributed by atoms with van der Waals surface area (Å²) < 4.78 is 5.22. The number of benzene rings is 2. The van der Waals surface area contributed by atoms with Gasteiger partial charge in [-0.1, -0.05) is 48.5 Å². The number of H-pyrrole nitrogens is 1. The lowest BCUT2D eigenvalue weighted by atomic mass is 9.83. The summed E-state index contributed by atoms with van der Waals surface area (Å²) in [5.41, 5.74) is 2.36. The summed E-state index contributed by atoms with van der Waals surface area (Å²) in [5.74, 6) is 0.479. The van der Waals surface area contributed by atoms with E-state index in [1.807, 2.05) is 66.9 Å². The molecule has 0 fully saturated rings. The summed E-state index contributed by atoms with van der Waals surface area (Å²) in [6.45, 7) is 0. The van der Waals surface area contributed by atoms with E-state index in [1.54, 1.807) is 19.4 Å². The van der Waals surface area contributed by atoms with Gasteiger partial charge in [0.15, 0.2) is 6.29 Å². The fraction of sp³-hybridized carbons (Fsp3) is 0.0909. The molecule has 0 bridgehead atoms. The summed E-state index contributed by atoms with van der Waals surface area (Å²) in [5, 5.41) is 4.41. The molecule has 27 heavy (non-hydrogen) atoms. The number of nitrogens with one attached hydrogen (secondary N) is 2. The third-order valence-electron chi connectivity index (χ3n) is 4.71. The predicted molar refractivity (Wildman–Crippen MR) is 106 cm³/mol. The van der Waals surface area contributed by atoms with Crippen molar-refractivity contribution in [3.63, 3.8) is 0 Å². The number of aldehydes is 1. The summed E-state index contributed by atoms with van der Waals surface area (Å²) in [6, 6.07) is 21.2. The number of carbonyl (C=O) groups is 1. The molecule has 2 N–H and O–H groups in total. The van der Waals surface area contributed by atoms with E-state index in [0.29, 0.717) is 5.88 Å². The molecule has 134 valence electrons. The Hall–Kier alpha value is -3.60. The number of fused-ring (bicyclic) bond motifs is 1. The topological polar surface area (TPSA) is 67.0 Å². The molecule has 0 saturated carbocycles.